The highest BCUT2D eigenvalue weighted by Gasteiger charge is 2.35. The number of esters is 1. The van der Waals surface area contributed by atoms with Crippen LogP contribution in [-0.4, -0.2) is 65.1 Å². The number of rotatable bonds is 16. The SMILES string of the molecule is CCOC(=O)C[C@H](S)[C@H](C[C@@H]1CCNC1=O)NC(=O)[C@@H](CC(=O)[C@@H](NC(=O)c1cc(C)on1)C(C)C)Cc1ccc(F)cc1. The lowest BCUT2D eigenvalue weighted by Crippen LogP contribution is -2.49. The van der Waals surface area contributed by atoms with Gasteiger partial charge in [-0.25, -0.2) is 4.39 Å². The first-order chi connectivity index (χ1) is 20.9. The van der Waals surface area contributed by atoms with Crippen LogP contribution in [0, 0.1) is 30.5 Å². The maximum absolute atomic E-state index is 13.9. The Kier molecular flexibility index (Phi) is 12.9. The van der Waals surface area contributed by atoms with Crippen molar-refractivity contribution < 1.29 is 37.6 Å². The van der Waals surface area contributed by atoms with Gasteiger partial charge in [0.05, 0.1) is 19.1 Å². The van der Waals surface area contributed by atoms with Gasteiger partial charge in [-0.1, -0.05) is 31.1 Å². The molecule has 0 spiro atoms. The van der Waals surface area contributed by atoms with Gasteiger partial charge in [0, 0.05) is 42.2 Å². The van der Waals surface area contributed by atoms with E-state index in [-0.39, 0.29) is 61.5 Å². The second-order valence-electron chi connectivity index (χ2n) is 11.4. The van der Waals surface area contributed by atoms with E-state index in [0.29, 0.717) is 24.3 Å². The molecule has 1 saturated heterocycles. The van der Waals surface area contributed by atoms with Gasteiger partial charge in [-0.3, -0.25) is 24.0 Å². The Morgan fingerprint density at radius 3 is 2.43 bits per heavy atom. The average Bonchev–Trinajstić information content (AvgIpc) is 3.59. The third-order valence-corrected chi connectivity index (χ3v) is 8.09. The maximum atomic E-state index is 13.9. The molecule has 11 nitrogen and oxygen atoms in total. The normalized spacial score (nSPS) is 17.3. The fourth-order valence-corrected chi connectivity index (χ4v) is 5.51. The lowest BCUT2D eigenvalue weighted by Gasteiger charge is -2.29. The highest BCUT2D eigenvalue weighted by molar-refractivity contribution is 7.81. The Hall–Kier alpha value is -3.74. The molecule has 0 radical (unpaired) electrons. The first kappa shape index (κ1) is 34.7. The zero-order valence-electron chi connectivity index (χ0n) is 25.4. The number of hydrogen-bond donors (Lipinski definition) is 4. The summed E-state index contributed by atoms with van der Waals surface area (Å²) in [6.45, 7) is 7.57. The fourth-order valence-electron chi connectivity index (χ4n) is 5.16. The van der Waals surface area contributed by atoms with Gasteiger partial charge in [-0.2, -0.15) is 12.6 Å². The number of aromatic nitrogens is 1. The van der Waals surface area contributed by atoms with E-state index in [1.165, 1.54) is 30.3 Å². The molecule has 1 aromatic carbocycles. The van der Waals surface area contributed by atoms with Gasteiger partial charge in [-0.15, -0.1) is 0 Å². The van der Waals surface area contributed by atoms with Crippen LogP contribution in [0.4, 0.5) is 4.39 Å². The van der Waals surface area contributed by atoms with E-state index in [0.717, 1.165) is 0 Å². The first-order valence-electron chi connectivity index (χ1n) is 14.8. The van der Waals surface area contributed by atoms with E-state index in [1.54, 1.807) is 27.7 Å². The number of nitrogens with one attached hydrogen (secondary N) is 3. The van der Waals surface area contributed by atoms with Crippen molar-refractivity contribution in [1.82, 2.24) is 21.1 Å². The predicted molar refractivity (Wildman–Crippen MR) is 162 cm³/mol. The Morgan fingerprint density at radius 1 is 1.16 bits per heavy atom. The number of aryl methyl sites for hydroxylation is 1. The van der Waals surface area contributed by atoms with Crippen LogP contribution in [-0.2, 0) is 30.3 Å². The number of ether oxygens (including phenoxy) is 1. The molecular formula is C31H41FN4O7S. The summed E-state index contributed by atoms with van der Waals surface area (Å²) in [5.74, 6) is -3.69. The van der Waals surface area contributed by atoms with Crippen molar-refractivity contribution in [2.45, 2.75) is 77.1 Å². The van der Waals surface area contributed by atoms with Gasteiger partial charge in [0.15, 0.2) is 11.5 Å². The average molecular weight is 633 g/mol. The van der Waals surface area contributed by atoms with Crippen LogP contribution in [0.5, 0.6) is 0 Å². The molecule has 1 aliphatic heterocycles. The quantitative estimate of drug-likeness (QED) is 0.163. The summed E-state index contributed by atoms with van der Waals surface area (Å²) in [6.07, 6.45) is 0.578. The van der Waals surface area contributed by atoms with Crippen LogP contribution in [0.1, 0.15) is 68.3 Å². The van der Waals surface area contributed by atoms with Crippen LogP contribution >= 0.6 is 12.6 Å². The van der Waals surface area contributed by atoms with Crippen molar-refractivity contribution in [2.24, 2.45) is 17.8 Å². The highest BCUT2D eigenvalue weighted by Crippen LogP contribution is 2.24. The van der Waals surface area contributed by atoms with Gasteiger partial charge in [0.25, 0.3) is 5.91 Å². The minimum absolute atomic E-state index is 0.0294. The molecule has 5 atom stereocenters. The number of halogens is 1. The van der Waals surface area contributed by atoms with E-state index < -0.39 is 46.9 Å². The number of nitrogens with zero attached hydrogens (tertiary/aromatic N) is 1. The Balaban J connectivity index is 1.83. The molecule has 3 rings (SSSR count). The Morgan fingerprint density at radius 2 is 1.86 bits per heavy atom. The number of Topliss-reactive ketones (excluding diaryl/α,β-unsaturated/α-hetero) is 1. The summed E-state index contributed by atoms with van der Waals surface area (Å²) in [6, 6.07) is 5.46. The van der Waals surface area contributed by atoms with Crippen LogP contribution in [0.2, 0.25) is 0 Å². The smallest absolute Gasteiger partial charge is 0.306 e. The van der Waals surface area contributed by atoms with Crippen molar-refractivity contribution in [3.8, 4) is 0 Å². The molecule has 3 amide bonds. The summed E-state index contributed by atoms with van der Waals surface area (Å²) in [7, 11) is 0. The number of ketones is 1. The van der Waals surface area contributed by atoms with Gasteiger partial charge in [-0.05, 0) is 56.7 Å². The molecule has 0 unspecified atom stereocenters. The molecule has 0 bridgehead atoms. The first-order valence-corrected chi connectivity index (χ1v) is 15.3. The summed E-state index contributed by atoms with van der Waals surface area (Å²) < 4.78 is 23.7. The number of thiol groups is 1. The zero-order chi connectivity index (χ0) is 32.4. The standard InChI is InChI=1S/C31H41FN4O7S/c1-5-42-27(38)16-26(44)23(14-20-10-11-33-29(20)39)34-30(40)21(13-19-6-8-22(32)9-7-19)15-25(37)28(17(2)3)35-31(41)24-12-18(4)43-36-24/h6-9,12,17,20-21,23,26,28,44H,5,10-11,13-16H2,1-4H3,(H,33,39)(H,34,40)(H,35,41)/t20-,21+,23-,26-,28-/m0/s1. The topological polar surface area (TPSA) is 157 Å². The van der Waals surface area contributed by atoms with Crippen LogP contribution in [0.15, 0.2) is 34.9 Å². The molecule has 0 aliphatic carbocycles. The van der Waals surface area contributed by atoms with E-state index in [1.807, 2.05) is 0 Å². The second-order valence-corrected chi connectivity index (χ2v) is 12.1. The van der Waals surface area contributed by atoms with E-state index >= 15 is 0 Å². The monoisotopic (exact) mass is 632 g/mol. The highest BCUT2D eigenvalue weighted by atomic mass is 32.1. The lowest BCUT2D eigenvalue weighted by atomic mass is 9.87. The maximum Gasteiger partial charge on any atom is 0.306 e. The zero-order valence-corrected chi connectivity index (χ0v) is 26.3. The van der Waals surface area contributed by atoms with Crippen LogP contribution in [0.3, 0.4) is 0 Å². The van der Waals surface area contributed by atoms with E-state index in [2.05, 4.69) is 33.7 Å². The summed E-state index contributed by atoms with van der Waals surface area (Å²) in [5, 5.41) is 11.5. The molecule has 1 aromatic heterocycles. The van der Waals surface area contributed by atoms with Gasteiger partial charge in [0.1, 0.15) is 11.6 Å². The van der Waals surface area contributed by atoms with Crippen molar-refractivity contribution in [2.75, 3.05) is 13.2 Å². The summed E-state index contributed by atoms with van der Waals surface area (Å²) in [4.78, 5) is 64.9. The van der Waals surface area contributed by atoms with Crippen LogP contribution < -0.4 is 16.0 Å². The molecule has 44 heavy (non-hydrogen) atoms. The predicted octanol–water partition coefficient (Wildman–Crippen LogP) is 2.96. The van der Waals surface area contributed by atoms with Crippen molar-refractivity contribution >= 4 is 42.1 Å². The van der Waals surface area contributed by atoms with E-state index in [9.17, 15) is 28.4 Å². The summed E-state index contributed by atoms with van der Waals surface area (Å²) >= 11 is 4.60. The molecule has 2 heterocycles. The minimum Gasteiger partial charge on any atom is -0.466 e. The molecular weight excluding hydrogens is 591 g/mol. The number of benzene rings is 1. The molecule has 3 N–H and O–H groups in total. The van der Waals surface area contributed by atoms with Crippen molar-refractivity contribution in [3.63, 3.8) is 0 Å². The molecule has 1 fully saturated rings. The molecule has 2 aromatic rings. The minimum atomic E-state index is -0.928. The molecule has 240 valence electrons. The number of hydrogen-bond acceptors (Lipinski definition) is 9. The fraction of sp³-hybridized carbons (Fsp3) is 0.548. The Bertz CT molecular complexity index is 1320. The third kappa shape index (κ3) is 10.2. The van der Waals surface area contributed by atoms with Gasteiger partial charge in [0.2, 0.25) is 11.8 Å². The number of amides is 3. The van der Waals surface area contributed by atoms with E-state index in [4.69, 9.17) is 9.26 Å². The summed E-state index contributed by atoms with van der Waals surface area (Å²) in [5.41, 5.74) is 0.657. The van der Waals surface area contributed by atoms with Gasteiger partial charge < -0.3 is 25.2 Å². The largest absolute Gasteiger partial charge is 0.466 e. The Labute approximate surface area is 261 Å². The van der Waals surface area contributed by atoms with Gasteiger partial charge >= 0.3 is 5.97 Å². The molecule has 0 saturated carbocycles. The van der Waals surface area contributed by atoms with Crippen molar-refractivity contribution in [1.29, 1.82) is 0 Å². The lowest BCUT2D eigenvalue weighted by molar-refractivity contribution is -0.143. The molecule has 1 aliphatic rings. The van der Waals surface area contributed by atoms with Crippen LogP contribution in [0.25, 0.3) is 0 Å². The third-order valence-electron chi connectivity index (χ3n) is 7.55. The number of carbonyl (C=O) groups is 5. The van der Waals surface area contributed by atoms with Crippen molar-refractivity contribution in [3.05, 3.63) is 53.2 Å². The number of carbonyl (C=O) groups excluding carboxylic acids is 5. The molecule has 13 heteroatoms. The second kappa shape index (κ2) is 16.4.